The van der Waals surface area contributed by atoms with E-state index in [1.807, 2.05) is 0 Å². The molecular weight excluding hydrogens is 298 g/mol. The fraction of sp³-hybridized carbons (Fsp3) is 0.667. The molecule has 0 spiro atoms. The molecule has 1 aromatic rings. The van der Waals surface area contributed by atoms with Crippen LogP contribution in [0.5, 0.6) is 0 Å². The maximum atomic E-state index is 12.4. The molecule has 1 N–H and O–H groups in total. The fourth-order valence-corrected chi connectivity index (χ4v) is 3.69. The number of rotatable bonds is 5. The summed E-state index contributed by atoms with van der Waals surface area (Å²) in [5.41, 5.74) is 0.541. The second kappa shape index (κ2) is 6.12. The average Bonchev–Trinajstić information content (AvgIpc) is 2.84. The highest BCUT2D eigenvalue weighted by molar-refractivity contribution is 7.86. The summed E-state index contributed by atoms with van der Waals surface area (Å²) < 4.78 is 32.3. The smallest absolute Gasteiger partial charge is 0.306 e. The van der Waals surface area contributed by atoms with E-state index in [1.165, 1.54) is 15.7 Å². The number of carboxylic acid groups (broad SMARTS) is 1. The van der Waals surface area contributed by atoms with Crippen LogP contribution in [-0.4, -0.2) is 53.4 Å². The molecule has 1 fully saturated rings. The summed E-state index contributed by atoms with van der Waals surface area (Å²) >= 11 is 0. The molecule has 0 atom stereocenters. The van der Waals surface area contributed by atoms with Crippen molar-refractivity contribution in [3.63, 3.8) is 0 Å². The Kier molecular flexibility index (Phi) is 4.64. The molecule has 1 aromatic heterocycles. The van der Waals surface area contributed by atoms with E-state index in [1.54, 1.807) is 13.0 Å². The third kappa shape index (κ3) is 3.60. The first-order chi connectivity index (χ1) is 9.80. The molecule has 8 nitrogen and oxygen atoms in total. The molecule has 9 heteroatoms. The lowest BCUT2D eigenvalue weighted by molar-refractivity contribution is -0.142. The Morgan fingerprint density at radius 3 is 2.62 bits per heavy atom. The number of carbonyl (C=O) groups is 1. The zero-order valence-electron chi connectivity index (χ0n) is 12.0. The molecule has 2 heterocycles. The molecule has 0 saturated carbocycles. The number of aromatic nitrogens is 1. The fourth-order valence-electron chi connectivity index (χ4n) is 2.33. The summed E-state index contributed by atoms with van der Waals surface area (Å²) in [4.78, 5) is 10.9. The van der Waals surface area contributed by atoms with Gasteiger partial charge >= 0.3 is 5.97 Å². The van der Waals surface area contributed by atoms with Crippen molar-refractivity contribution in [1.82, 2.24) is 13.8 Å². The van der Waals surface area contributed by atoms with Gasteiger partial charge < -0.3 is 9.63 Å². The Bertz CT molecular complexity index is 604. The molecule has 0 aromatic carbocycles. The Morgan fingerprint density at radius 2 is 2.14 bits per heavy atom. The first-order valence-electron chi connectivity index (χ1n) is 6.67. The molecule has 1 aliphatic rings. The maximum Gasteiger partial charge on any atom is 0.306 e. The van der Waals surface area contributed by atoms with Gasteiger partial charge in [-0.2, -0.15) is 17.0 Å². The van der Waals surface area contributed by atoms with E-state index >= 15 is 0 Å². The monoisotopic (exact) mass is 317 g/mol. The summed E-state index contributed by atoms with van der Waals surface area (Å²) in [5.74, 6) is -0.698. The minimum atomic E-state index is -3.61. The lowest BCUT2D eigenvalue weighted by Crippen LogP contribution is -2.46. The summed E-state index contributed by atoms with van der Waals surface area (Å²) in [7, 11) is -2.13. The number of hydrogen-bond acceptors (Lipinski definition) is 5. The van der Waals surface area contributed by atoms with Crippen molar-refractivity contribution >= 4 is 16.2 Å². The predicted octanol–water partition coefficient (Wildman–Crippen LogP) is 0.456. The van der Waals surface area contributed by atoms with Gasteiger partial charge in [0.15, 0.2) is 0 Å². The van der Waals surface area contributed by atoms with Gasteiger partial charge in [-0.25, -0.2) is 0 Å². The van der Waals surface area contributed by atoms with Crippen molar-refractivity contribution in [2.45, 2.75) is 26.3 Å². The molecule has 0 aliphatic carbocycles. The van der Waals surface area contributed by atoms with Crippen molar-refractivity contribution in [1.29, 1.82) is 0 Å². The van der Waals surface area contributed by atoms with Gasteiger partial charge in [-0.15, -0.1) is 0 Å². The van der Waals surface area contributed by atoms with Crippen LogP contribution in [0, 0.1) is 12.8 Å². The van der Waals surface area contributed by atoms with E-state index in [9.17, 15) is 13.2 Å². The largest absolute Gasteiger partial charge is 0.481 e. The predicted molar refractivity (Wildman–Crippen MR) is 73.6 cm³/mol. The second-order valence-corrected chi connectivity index (χ2v) is 7.24. The van der Waals surface area contributed by atoms with E-state index in [4.69, 9.17) is 9.63 Å². The minimum absolute atomic E-state index is 0.124. The van der Waals surface area contributed by atoms with Gasteiger partial charge in [0.2, 0.25) is 0 Å². The normalized spacial score (nSPS) is 18.2. The summed E-state index contributed by atoms with van der Waals surface area (Å²) in [5, 5.41) is 12.7. The van der Waals surface area contributed by atoms with Gasteiger partial charge in [-0.3, -0.25) is 4.79 Å². The van der Waals surface area contributed by atoms with E-state index in [-0.39, 0.29) is 19.6 Å². The highest BCUT2D eigenvalue weighted by Gasteiger charge is 2.33. The molecule has 1 saturated heterocycles. The van der Waals surface area contributed by atoms with E-state index in [2.05, 4.69) is 5.16 Å². The molecule has 21 heavy (non-hydrogen) atoms. The zero-order valence-corrected chi connectivity index (χ0v) is 12.8. The lowest BCUT2D eigenvalue weighted by atomic mass is 9.99. The number of aliphatic carboxylic acids is 1. The molecule has 0 amide bonds. The molecule has 118 valence electrons. The highest BCUT2D eigenvalue weighted by atomic mass is 32.2. The van der Waals surface area contributed by atoms with Crippen LogP contribution in [0.4, 0.5) is 0 Å². The Labute approximate surface area is 123 Å². The van der Waals surface area contributed by atoms with Gasteiger partial charge in [-0.1, -0.05) is 5.16 Å². The zero-order chi connectivity index (χ0) is 15.6. The van der Waals surface area contributed by atoms with E-state index < -0.39 is 22.1 Å². The molecule has 1 aliphatic heterocycles. The minimum Gasteiger partial charge on any atom is -0.481 e. The van der Waals surface area contributed by atoms with Crippen LogP contribution in [0.25, 0.3) is 0 Å². The Morgan fingerprint density at radius 1 is 1.52 bits per heavy atom. The molecule has 0 bridgehead atoms. The number of aryl methyl sites for hydroxylation is 1. The molecule has 2 rings (SSSR count). The van der Waals surface area contributed by atoms with Crippen LogP contribution < -0.4 is 0 Å². The summed E-state index contributed by atoms with van der Waals surface area (Å²) in [6, 6.07) is 1.68. The Hall–Kier alpha value is -1.45. The van der Waals surface area contributed by atoms with Crippen LogP contribution in [0.3, 0.4) is 0 Å². The first kappa shape index (κ1) is 15.9. The average molecular weight is 317 g/mol. The number of nitrogens with zero attached hydrogens (tertiary/aromatic N) is 3. The number of hydrogen-bond donors (Lipinski definition) is 1. The van der Waals surface area contributed by atoms with Crippen molar-refractivity contribution in [2.75, 3.05) is 20.1 Å². The quantitative estimate of drug-likeness (QED) is 0.846. The van der Waals surface area contributed by atoms with Crippen LogP contribution in [0.2, 0.25) is 0 Å². The van der Waals surface area contributed by atoms with Crippen LogP contribution in [-0.2, 0) is 21.5 Å². The topological polar surface area (TPSA) is 104 Å². The van der Waals surface area contributed by atoms with Gasteiger partial charge in [-0.05, 0) is 19.8 Å². The van der Waals surface area contributed by atoms with Gasteiger partial charge in [0.05, 0.1) is 18.2 Å². The molecule has 0 radical (unpaired) electrons. The van der Waals surface area contributed by atoms with Gasteiger partial charge in [0, 0.05) is 26.2 Å². The molecule has 0 unspecified atom stereocenters. The number of carboxylic acids is 1. The highest BCUT2D eigenvalue weighted by Crippen LogP contribution is 2.21. The van der Waals surface area contributed by atoms with Crippen molar-refractivity contribution in [3.8, 4) is 0 Å². The summed E-state index contributed by atoms with van der Waals surface area (Å²) in [6.45, 7) is 2.31. The second-order valence-electron chi connectivity index (χ2n) is 5.20. The van der Waals surface area contributed by atoms with Crippen molar-refractivity contribution in [2.24, 2.45) is 5.92 Å². The van der Waals surface area contributed by atoms with Crippen LogP contribution in [0.15, 0.2) is 10.6 Å². The van der Waals surface area contributed by atoms with Crippen LogP contribution >= 0.6 is 0 Å². The lowest BCUT2D eigenvalue weighted by Gasteiger charge is -2.32. The number of piperidine rings is 1. The third-order valence-corrected chi connectivity index (χ3v) is 5.52. The van der Waals surface area contributed by atoms with Crippen molar-refractivity contribution in [3.05, 3.63) is 17.5 Å². The Balaban J connectivity index is 1.99. The first-order valence-corrected chi connectivity index (χ1v) is 8.07. The third-order valence-electron chi connectivity index (χ3n) is 3.58. The summed E-state index contributed by atoms with van der Waals surface area (Å²) in [6.07, 6.45) is 0.678. The van der Waals surface area contributed by atoms with Gasteiger partial charge in [0.25, 0.3) is 10.2 Å². The van der Waals surface area contributed by atoms with Crippen LogP contribution in [0.1, 0.15) is 24.3 Å². The maximum absolute atomic E-state index is 12.4. The molecular formula is C12H19N3O5S. The van der Waals surface area contributed by atoms with Gasteiger partial charge in [0.1, 0.15) is 5.76 Å². The van der Waals surface area contributed by atoms with Crippen molar-refractivity contribution < 1.29 is 22.8 Å². The SMILES string of the molecule is Cc1cc(CN(C)S(=O)(=O)N2CCC(C(=O)O)CC2)no1. The standard InChI is InChI=1S/C12H19N3O5S/c1-9-7-11(13-20-9)8-14(2)21(18,19)15-5-3-10(4-6-15)12(16)17/h7,10H,3-6,8H2,1-2H3,(H,16,17). The van der Waals surface area contributed by atoms with E-state index in [0.29, 0.717) is 24.3 Å². The van der Waals surface area contributed by atoms with E-state index in [0.717, 1.165) is 0 Å².